The molecule has 3 aromatic rings. The van der Waals surface area contributed by atoms with Crippen molar-refractivity contribution in [1.82, 2.24) is 9.88 Å². The van der Waals surface area contributed by atoms with Crippen molar-refractivity contribution in [2.75, 3.05) is 0 Å². The average Bonchev–Trinajstić information content (AvgIpc) is 2.85. The molecule has 1 N–H and O–H groups in total. The first-order valence-corrected chi connectivity index (χ1v) is 7.60. The van der Waals surface area contributed by atoms with Crippen LogP contribution in [0.3, 0.4) is 0 Å². The van der Waals surface area contributed by atoms with Crippen molar-refractivity contribution in [2.24, 2.45) is 0 Å². The molecule has 2 aromatic carbocycles. The van der Waals surface area contributed by atoms with Crippen LogP contribution in [-0.4, -0.2) is 10.6 Å². The maximum Gasteiger partial charge on any atom is 0.0491 e. The standard InChI is InChI=1S/C19H22N2/c1-4-14(3)20-13-15-10-11-19-17(12-15)16-8-6-7-9-18(16)21(19)5-2/h4,6-12,14,20H,1,5,13H2,2-3H3. The lowest BCUT2D eigenvalue weighted by molar-refractivity contribution is 0.634. The predicted molar refractivity (Wildman–Crippen MR) is 91.6 cm³/mol. The molecule has 2 heteroatoms. The second-order valence-corrected chi connectivity index (χ2v) is 5.52. The molecule has 1 unspecified atom stereocenters. The third-order valence-electron chi connectivity index (χ3n) is 4.13. The van der Waals surface area contributed by atoms with E-state index in [2.05, 4.69) is 72.8 Å². The van der Waals surface area contributed by atoms with Gasteiger partial charge in [0.15, 0.2) is 0 Å². The van der Waals surface area contributed by atoms with Gasteiger partial charge in [-0.1, -0.05) is 30.3 Å². The minimum absolute atomic E-state index is 0.331. The van der Waals surface area contributed by atoms with Crippen LogP contribution in [-0.2, 0) is 13.1 Å². The van der Waals surface area contributed by atoms with Crippen LogP contribution >= 0.6 is 0 Å². The Kier molecular flexibility index (Phi) is 3.80. The number of fused-ring (bicyclic) bond motifs is 3. The minimum Gasteiger partial charge on any atom is -0.341 e. The van der Waals surface area contributed by atoms with E-state index in [4.69, 9.17) is 0 Å². The van der Waals surface area contributed by atoms with Crippen LogP contribution in [0.2, 0.25) is 0 Å². The molecule has 0 saturated carbocycles. The van der Waals surface area contributed by atoms with E-state index in [9.17, 15) is 0 Å². The van der Waals surface area contributed by atoms with Gasteiger partial charge in [-0.25, -0.2) is 0 Å². The Balaban J connectivity index is 2.08. The predicted octanol–water partition coefficient (Wildman–Crippen LogP) is 4.48. The van der Waals surface area contributed by atoms with Crippen LogP contribution < -0.4 is 5.32 Å². The van der Waals surface area contributed by atoms with Gasteiger partial charge >= 0.3 is 0 Å². The van der Waals surface area contributed by atoms with Gasteiger partial charge in [0.25, 0.3) is 0 Å². The Morgan fingerprint density at radius 1 is 1.14 bits per heavy atom. The van der Waals surface area contributed by atoms with Crippen LogP contribution in [0.4, 0.5) is 0 Å². The van der Waals surface area contributed by atoms with E-state index in [0.717, 1.165) is 13.1 Å². The van der Waals surface area contributed by atoms with Crippen LogP contribution in [0.5, 0.6) is 0 Å². The first kappa shape index (κ1) is 13.9. The highest BCUT2D eigenvalue weighted by Gasteiger charge is 2.09. The van der Waals surface area contributed by atoms with Crippen molar-refractivity contribution < 1.29 is 0 Å². The number of nitrogens with one attached hydrogen (secondary N) is 1. The molecule has 2 nitrogen and oxygen atoms in total. The molecule has 0 saturated heterocycles. The molecule has 1 atom stereocenters. The van der Waals surface area contributed by atoms with E-state index < -0.39 is 0 Å². The normalized spacial score (nSPS) is 12.9. The summed E-state index contributed by atoms with van der Waals surface area (Å²) in [5.74, 6) is 0. The molecule has 0 aliphatic heterocycles. The van der Waals surface area contributed by atoms with E-state index in [1.54, 1.807) is 0 Å². The van der Waals surface area contributed by atoms with Crippen LogP contribution in [0, 0.1) is 0 Å². The van der Waals surface area contributed by atoms with Crippen LogP contribution in [0.1, 0.15) is 19.4 Å². The second kappa shape index (κ2) is 5.74. The fourth-order valence-corrected chi connectivity index (χ4v) is 2.91. The Morgan fingerprint density at radius 2 is 1.90 bits per heavy atom. The number of rotatable bonds is 5. The summed E-state index contributed by atoms with van der Waals surface area (Å²) in [7, 11) is 0. The summed E-state index contributed by atoms with van der Waals surface area (Å²) in [6, 6.07) is 15.8. The number of nitrogens with zero attached hydrogens (tertiary/aromatic N) is 1. The van der Waals surface area contributed by atoms with Crippen molar-refractivity contribution in [1.29, 1.82) is 0 Å². The van der Waals surface area contributed by atoms with Crippen molar-refractivity contribution in [3.05, 3.63) is 60.7 Å². The average molecular weight is 278 g/mol. The number of aryl methyl sites for hydroxylation is 1. The maximum absolute atomic E-state index is 3.81. The van der Waals surface area contributed by atoms with Gasteiger partial charge in [-0.15, -0.1) is 6.58 Å². The van der Waals surface area contributed by atoms with Gasteiger partial charge in [0, 0.05) is 40.9 Å². The monoisotopic (exact) mass is 278 g/mol. The number of hydrogen-bond donors (Lipinski definition) is 1. The topological polar surface area (TPSA) is 17.0 Å². The van der Waals surface area contributed by atoms with Crippen molar-refractivity contribution in [3.63, 3.8) is 0 Å². The van der Waals surface area contributed by atoms with E-state index in [-0.39, 0.29) is 0 Å². The highest BCUT2D eigenvalue weighted by Crippen LogP contribution is 2.29. The highest BCUT2D eigenvalue weighted by atomic mass is 15.0. The number of hydrogen-bond acceptors (Lipinski definition) is 1. The summed E-state index contributed by atoms with van der Waals surface area (Å²) in [5, 5.41) is 6.14. The summed E-state index contributed by atoms with van der Waals surface area (Å²) in [5.41, 5.74) is 3.95. The number of aromatic nitrogens is 1. The van der Waals surface area contributed by atoms with Gasteiger partial charge < -0.3 is 9.88 Å². The van der Waals surface area contributed by atoms with Gasteiger partial charge in [-0.05, 0) is 37.6 Å². The van der Waals surface area contributed by atoms with Crippen molar-refractivity contribution >= 4 is 21.8 Å². The quantitative estimate of drug-likeness (QED) is 0.681. The lowest BCUT2D eigenvalue weighted by Gasteiger charge is -2.09. The zero-order valence-corrected chi connectivity index (χ0v) is 12.8. The van der Waals surface area contributed by atoms with Gasteiger partial charge in [0.2, 0.25) is 0 Å². The smallest absolute Gasteiger partial charge is 0.0491 e. The molecule has 0 spiro atoms. The van der Waals surface area contributed by atoms with Crippen LogP contribution in [0.25, 0.3) is 21.8 Å². The van der Waals surface area contributed by atoms with Gasteiger partial charge in [0.05, 0.1) is 0 Å². The summed E-state index contributed by atoms with van der Waals surface area (Å²) >= 11 is 0. The maximum atomic E-state index is 3.81. The Labute approximate surface area is 126 Å². The summed E-state index contributed by atoms with van der Waals surface area (Å²) in [6.07, 6.45) is 1.93. The van der Waals surface area contributed by atoms with Gasteiger partial charge in [-0.2, -0.15) is 0 Å². The molecule has 0 fully saturated rings. The largest absolute Gasteiger partial charge is 0.341 e. The van der Waals surface area contributed by atoms with E-state index in [0.29, 0.717) is 6.04 Å². The summed E-state index contributed by atoms with van der Waals surface area (Å²) < 4.78 is 2.38. The molecule has 21 heavy (non-hydrogen) atoms. The first-order valence-electron chi connectivity index (χ1n) is 7.60. The minimum atomic E-state index is 0.331. The number of para-hydroxylation sites is 1. The van der Waals surface area contributed by atoms with Gasteiger partial charge in [-0.3, -0.25) is 0 Å². The molecular formula is C19H22N2. The van der Waals surface area contributed by atoms with E-state index >= 15 is 0 Å². The molecule has 0 radical (unpaired) electrons. The summed E-state index contributed by atoms with van der Waals surface area (Å²) in [6.45, 7) is 10.00. The molecule has 108 valence electrons. The number of benzene rings is 2. The zero-order valence-electron chi connectivity index (χ0n) is 12.8. The summed E-state index contributed by atoms with van der Waals surface area (Å²) in [4.78, 5) is 0. The third-order valence-corrected chi connectivity index (χ3v) is 4.13. The molecule has 1 aromatic heterocycles. The van der Waals surface area contributed by atoms with E-state index in [1.807, 2.05) is 6.08 Å². The lowest BCUT2D eigenvalue weighted by atomic mass is 10.1. The second-order valence-electron chi connectivity index (χ2n) is 5.52. The van der Waals surface area contributed by atoms with Crippen LogP contribution in [0.15, 0.2) is 55.1 Å². The molecule has 3 rings (SSSR count). The molecule has 0 bridgehead atoms. The molecular weight excluding hydrogens is 256 g/mol. The molecule has 0 aliphatic rings. The molecule has 0 amide bonds. The zero-order chi connectivity index (χ0) is 14.8. The molecule has 0 aliphatic carbocycles. The SMILES string of the molecule is C=CC(C)NCc1ccc2c(c1)c1ccccc1n2CC. The Bertz CT molecular complexity index is 783. The lowest BCUT2D eigenvalue weighted by Crippen LogP contribution is -2.22. The fraction of sp³-hybridized carbons (Fsp3) is 0.263. The van der Waals surface area contributed by atoms with Crippen molar-refractivity contribution in [2.45, 2.75) is 33.0 Å². The van der Waals surface area contributed by atoms with Crippen molar-refractivity contribution in [3.8, 4) is 0 Å². The fourth-order valence-electron chi connectivity index (χ4n) is 2.91. The Morgan fingerprint density at radius 3 is 2.67 bits per heavy atom. The Hall–Kier alpha value is -2.06. The third kappa shape index (κ3) is 2.47. The van der Waals surface area contributed by atoms with Gasteiger partial charge in [0.1, 0.15) is 0 Å². The molecule has 1 heterocycles. The first-order chi connectivity index (χ1) is 10.2. The van der Waals surface area contributed by atoms with E-state index in [1.165, 1.54) is 27.4 Å². The highest BCUT2D eigenvalue weighted by molar-refractivity contribution is 6.08.